The molecule has 8 nitrogen and oxygen atoms in total. The number of thiophene rings is 1. The first-order valence-electron chi connectivity index (χ1n) is 10.4. The van der Waals surface area contributed by atoms with Crippen molar-refractivity contribution in [3.8, 4) is 0 Å². The highest BCUT2D eigenvalue weighted by Gasteiger charge is 2.27. The second-order valence-corrected chi connectivity index (χ2v) is 9.47. The van der Waals surface area contributed by atoms with Crippen molar-refractivity contribution in [2.75, 3.05) is 18.4 Å². The van der Waals surface area contributed by atoms with Gasteiger partial charge in [0.15, 0.2) is 5.13 Å². The molecule has 0 aliphatic carbocycles. The van der Waals surface area contributed by atoms with Gasteiger partial charge in [-0.2, -0.15) is 0 Å². The van der Waals surface area contributed by atoms with Gasteiger partial charge in [0, 0.05) is 29.3 Å². The van der Waals surface area contributed by atoms with Crippen LogP contribution in [0.2, 0.25) is 0 Å². The number of rotatable bonds is 8. The topological polar surface area (TPSA) is 105 Å². The average Bonchev–Trinajstić information content (AvgIpc) is 3.56. The number of piperidine rings is 1. The van der Waals surface area contributed by atoms with Crippen LogP contribution in [0.4, 0.5) is 5.13 Å². The van der Waals surface area contributed by atoms with E-state index in [1.807, 2.05) is 23.6 Å². The molecule has 2 N–H and O–H groups in total. The van der Waals surface area contributed by atoms with Crippen molar-refractivity contribution in [3.05, 3.63) is 57.6 Å². The first-order chi connectivity index (χ1) is 15.6. The van der Waals surface area contributed by atoms with E-state index in [0.717, 1.165) is 10.6 Å². The molecule has 3 aromatic heterocycles. The molecule has 0 spiro atoms. The van der Waals surface area contributed by atoms with Gasteiger partial charge in [-0.05, 0) is 36.4 Å². The fraction of sp³-hybridized carbons (Fsp3) is 0.364. The van der Waals surface area contributed by atoms with E-state index in [-0.39, 0.29) is 30.1 Å². The molecule has 0 saturated carbocycles. The average molecular weight is 473 g/mol. The van der Waals surface area contributed by atoms with E-state index in [9.17, 15) is 14.4 Å². The predicted octanol–water partition coefficient (Wildman–Crippen LogP) is 3.08. The number of nitrogens with one attached hydrogen (secondary N) is 2. The highest BCUT2D eigenvalue weighted by Crippen LogP contribution is 2.21. The van der Waals surface area contributed by atoms with Crippen LogP contribution in [0.1, 0.15) is 29.2 Å². The van der Waals surface area contributed by atoms with Gasteiger partial charge in [0.25, 0.3) is 0 Å². The van der Waals surface area contributed by atoms with Crippen molar-refractivity contribution in [3.63, 3.8) is 0 Å². The summed E-state index contributed by atoms with van der Waals surface area (Å²) < 4.78 is 5.23. The molecule has 32 heavy (non-hydrogen) atoms. The van der Waals surface area contributed by atoms with Crippen molar-refractivity contribution in [2.45, 2.75) is 32.2 Å². The van der Waals surface area contributed by atoms with Crippen molar-refractivity contribution in [1.82, 2.24) is 15.2 Å². The van der Waals surface area contributed by atoms with E-state index in [1.54, 1.807) is 22.6 Å². The number of likely N-dealkylation sites (tertiary alicyclic amines) is 1. The van der Waals surface area contributed by atoms with Crippen LogP contribution in [-0.4, -0.2) is 40.7 Å². The number of carbonyl (C=O) groups is 3. The zero-order valence-corrected chi connectivity index (χ0v) is 19.0. The number of thiazole rings is 1. The largest absolute Gasteiger partial charge is 0.467 e. The van der Waals surface area contributed by atoms with E-state index >= 15 is 0 Å². The van der Waals surface area contributed by atoms with Gasteiger partial charge < -0.3 is 20.0 Å². The number of hydrogen-bond acceptors (Lipinski definition) is 7. The van der Waals surface area contributed by atoms with E-state index < -0.39 is 0 Å². The normalized spacial score (nSPS) is 14.3. The van der Waals surface area contributed by atoms with Gasteiger partial charge in [-0.3, -0.25) is 14.4 Å². The van der Waals surface area contributed by atoms with Gasteiger partial charge in [-0.1, -0.05) is 6.07 Å². The highest BCUT2D eigenvalue weighted by atomic mass is 32.1. The van der Waals surface area contributed by atoms with E-state index in [1.165, 1.54) is 22.7 Å². The molecule has 10 heteroatoms. The van der Waals surface area contributed by atoms with Crippen LogP contribution >= 0.6 is 22.7 Å². The molecule has 0 radical (unpaired) electrons. The minimum atomic E-state index is -0.118. The minimum Gasteiger partial charge on any atom is -0.467 e. The summed E-state index contributed by atoms with van der Waals surface area (Å²) in [7, 11) is 0. The number of anilines is 1. The lowest BCUT2D eigenvalue weighted by Crippen LogP contribution is -2.43. The number of amides is 3. The molecule has 168 valence electrons. The molecular formula is C22H24N4O4S2. The second kappa shape index (κ2) is 10.6. The van der Waals surface area contributed by atoms with Crippen LogP contribution < -0.4 is 10.6 Å². The number of carbonyl (C=O) groups excluding carboxylic acids is 3. The van der Waals surface area contributed by atoms with E-state index in [2.05, 4.69) is 15.6 Å². The molecule has 1 fully saturated rings. The highest BCUT2D eigenvalue weighted by molar-refractivity contribution is 7.14. The maximum atomic E-state index is 12.7. The minimum absolute atomic E-state index is 0.00377. The molecule has 1 aliphatic heterocycles. The molecule has 0 unspecified atom stereocenters. The molecule has 0 aromatic carbocycles. The predicted molar refractivity (Wildman–Crippen MR) is 122 cm³/mol. The summed E-state index contributed by atoms with van der Waals surface area (Å²) in [4.78, 5) is 44.3. The summed E-state index contributed by atoms with van der Waals surface area (Å²) >= 11 is 2.85. The van der Waals surface area contributed by atoms with Crippen LogP contribution in [-0.2, 0) is 33.8 Å². The molecule has 0 atom stereocenters. The van der Waals surface area contributed by atoms with Crippen LogP contribution in [0.25, 0.3) is 0 Å². The summed E-state index contributed by atoms with van der Waals surface area (Å²) in [5.41, 5.74) is 0.643. The quantitative estimate of drug-likeness (QED) is 0.524. The summed E-state index contributed by atoms with van der Waals surface area (Å²) in [6.45, 7) is 1.47. The molecule has 4 heterocycles. The maximum absolute atomic E-state index is 12.7. The third-order valence-electron chi connectivity index (χ3n) is 5.28. The third kappa shape index (κ3) is 6.04. The van der Waals surface area contributed by atoms with Gasteiger partial charge in [-0.25, -0.2) is 4.98 Å². The first kappa shape index (κ1) is 22.2. The van der Waals surface area contributed by atoms with Crippen molar-refractivity contribution < 1.29 is 18.8 Å². The SMILES string of the molecule is O=C(Cc1cccs1)Nc1nc(CC(=O)N2CCC(C(=O)NCc3ccco3)CC2)cs1. The Hall–Kier alpha value is -2.98. The maximum Gasteiger partial charge on any atom is 0.231 e. The zero-order valence-electron chi connectivity index (χ0n) is 17.4. The van der Waals surface area contributed by atoms with Crippen LogP contribution in [0.3, 0.4) is 0 Å². The smallest absolute Gasteiger partial charge is 0.231 e. The van der Waals surface area contributed by atoms with Gasteiger partial charge >= 0.3 is 0 Å². The van der Waals surface area contributed by atoms with Gasteiger partial charge in [0.2, 0.25) is 17.7 Å². The van der Waals surface area contributed by atoms with Gasteiger partial charge in [0.05, 0.1) is 31.3 Å². The molecule has 3 amide bonds. The summed E-state index contributed by atoms with van der Waals surface area (Å²) in [6.07, 6.45) is 3.35. The Morgan fingerprint density at radius 3 is 2.69 bits per heavy atom. The number of hydrogen-bond donors (Lipinski definition) is 2. The lowest BCUT2D eigenvalue weighted by Gasteiger charge is -2.31. The first-order valence-corrected chi connectivity index (χ1v) is 12.2. The number of aromatic nitrogens is 1. The van der Waals surface area contributed by atoms with Crippen molar-refractivity contribution in [2.24, 2.45) is 5.92 Å². The molecule has 0 bridgehead atoms. The lowest BCUT2D eigenvalue weighted by atomic mass is 9.95. The van der Waals surface area contributed by atoms with E-state index in [0.29, 0.717) is 49.7 Å². The van der Waals surface area contributed by atoms with Crippen molar-refractivity contribution >= 4 is 45.5 Å². The number of furan rings is 1. The second-order valence-electron chi connectivity index (χ2n) is 7.58. The molecule has 1 aliphatic rings. The molecular weight excluding hydrogens is 448 g/mol. The van der Waals surface area contributed by atoms with Crippen LogP contribution in [0.5, 0.6) is 0 Å². The Bertz CT molecular complexity index is 1040. The monoisotopic (exact) mass is 472 g/mol. The van der Waals surface area contributed by atoms with Gasteiger partial charge in [0.1, 0.15) is 5.76 Å². The Balaban J connectivity index is 1.19. The number of nitrogens with zero attached hydrogens (tertiary/aromatic N) is 2. The summed E-state index contributed by atoms with van der Waals surface area (Å²) in [5, 5.41) is 9.92. The Morgan fingerprint density at radius 1 is 1.12 bits per heavy atom. The molecule has 3 aromatic rings. The Labute approximate surface area is 193 Å². The van der Waals surface area contributed by atoms with Gasteiger partial charge in [-0.15, -0.1) is 22.7 Å². The molecule has 4 rings (SSSR count). The molecule has 1 saturated heterocycles. The Morgan fingerprint density at radius 2 is 1.97 bits per heavy atom. The van der Waals surface area contributed by atoms with Crippen LogP contribution in [0, 0.1) is 5.92 Å². The van der Waals surface area contributed by atoms with E-state index in [4.69, 9.17) is 4.42 Å². The summed E-state index contributed by atoms with van der Waals surface area (Å²) in [5.74, 6) is 0.485. The van der Waals surface area contributed by atoms with Crippen molar-refractivity contribution in [1.29, 1.82) is 0 Å². The zero-order chi connectivity index (χ0) is 22.3. The van der Waals surface area contributed by atoms with Crippen LogP contribution in [0.15, 0.2) is 45.7 Å². The Kier molecular flexibility index (Phi) is 7.33. The fourth-order valence-electron chi connectivity index (χ4n) is 3.57. The fourth-order valence-corrected chi connectivity index (χ4v) is 5.00. The summed E-state index contributed by atoms with van der Waals surface area (Å²) in [6, 6.07) is 7.44. The lowest BCUT2D eigenvalue weighted by molar-refractivity contribution is -0.135. The standard InChI is InChI=1S/C22H24N4O4S2/c27-19(12-18-4-2-10-31-18)25-22-24-16(14-32-22)11-20(28)26-7-5-15(6-8-26)21(29)23-13-17-3-1-9-30-17/h1-4,9-10,14-15H,5-8,11-13H2,(H,23,29)(H,24,25,27). The third-order valence-corrected chi connectivity index (χ3v) is 6.96.